The Kier molecular flexibility index (Phi) is 3.30. The molecule has 0 atom stereocenters. The lowest BCUT2D eigenvalue weighted by molar-refractivity contribution is -0.119. The van der Waals surface area contributed by atoms with Gasteiger partial charge < -0.3 is 5.73 Å². The summed E-state index contributed by atoms with van der Waals surface area (Å²) >= 11 is 0. The van der Waals surface area contributed by atoms with Crippen LogP contribution in [0.3, 0.4) is 0 Å². The van der Waals surface area contributed by atoms with Crippen LogP contribution in [-0.2, 0) is 4.79 Å². The molecule has 0 saturated carbocycles. The zero-order chi connectivity index (χ0) is 9.07. The van der Waals surface area contributed by atoms with Gasteiger partial charge in [-0.05, 0) is 18.8 Å². The molecule has 0 bridgehead atoms. The predicted octanol–water partition coefficient (Wildman–Crippen LogP) is 1.85. The monoisotopic (exact) mass is 155 g/mol. The van der Waals surface area contributed by atoms with Crippen LogP contribution in [0.1, 0.15) is 33.6 Å². The summed E-state index contributed by atoms with van der Waals surface area (Å²) in [6, 6.07) is 0. The van der Waals surface area contributed by atoms with E-state index in [0.717, 1.165) is 12.0 Å². The van der Waals surface area contributed by atoms with E-state index in [0.29, 0.717) is 6.42 Å². The Morgan fingerprint density at radius 3 is 2.18 bits per heavy atom. The Bertz CT molecular complexity index is 152. The van der Waals surface area contributed by atoms with E-state index in [2.05, 4.69) is 6.58 Å². The standard InChI is InChI=1S/C9H17NO/c1-7(2)5-9(3,4)6-8(10)11/h1,5-6H2,2-4H3,(H2,10,11). The second-order valence-electron chi connectivity index (χ2n) is 3.94. The zero-order valence-electron chi connectivity index (χ0n) is 7.61. The first-order chi connectivity index (χ1) is 4.83. The quantitative estimate of drug-likeness (QED) is 0.618. The fourth-order valence-electron chi connectivity index (χ4n) is 1.35. The minimum absolute atomic E-state index is 0.0301. The third kappa shape index (κ3) is 5.64. The molecule has 0 aromatic carbocycles. The Hall–Kier alpha value is -0.790. The Morgan fingerprint density at radius 1 is 1.45 bits per heavy atom. The first kappa shape index (κ1) is 10.2. The van der Waals surface area contributed by atoms with E-state index >= 15 is 0 Å². The Morgan fingerprint density at radius 2 is 1.91 bits per heavy atom. The molecule has 0 heterocycles. The molecule has 0 aromatic rings. The molecule has 64 valence electrons. The van der Waals surface area contributed by atoms with E-state index < -0.39 is 0 Å². The highest BCUT2D eigenvalue weighted by atomic mass is 16.1. The summed E-state index contributed by atoms with van der Waals surface area (Å²) in [4.78, 5) is 10.6. The van der Waals surface area contributed by atoms with Gasteiger partial charge in [-0.1, -0.05) is 19.4 Å². The maximum atomic E-state index is 10.6. The number of hydrogen-bond donors (Lipinski definition) is 1. The molecule has 0 saturated heterocycles. The average molecular weight is 155 g/mol. The predicted molar refractivity (Wildman–Crippen MR) is 47.0 cm³/mol. The second kappa shape index (κ2) is 3.56. The van der Waals surface area contributed by atoms with Gasteiger partial charge in [0, 0.05) is 6.42 Å². The van der Waals surface area contributed by atoms with E-state index in [9.17, 15) is 4.79 Å². The number of carbonyl (C=O) groups excluding carboxylic acids is 1. The first-order valence-corrected chi connectivity index (χ1v) is 3.76. The van der Waals surface area contributed by atoms with Gasteiger partial charge in [-0.15, -0.1) is 6.58 Å². The molecule has 2 nitrogen and oxygen atoms in total. The van der Waals surface area contributed by atoms with Crippen molar-refractivity contribution in [1.29, 1.82) is 0 Å². The summed E-state index contributed by atoms with van der Waals surface area (Å²) in [5.74, 6) is -0.240. The summed E-state index contributed by atoms with van der Waals surface area (Å²) in [6.45, 7) is 9.80. The lowest BCUT2D eigenvalue weighted by Gasteiger charge is -2.22. The topological polar surface area (TPSA) is 43.1 Å². The summed E-state index contributed by atoms with van der Waals surface area (Å²) in [6.07, 6.45) is 1.29. The molecule has 0 radical (unpaired) electrons. The van der Waals surface area contributed by atoms with Gasteiger partial charge in [0.2, 0.25) is 5.91 Å². The van der Waals surface area contributed by atoms with Crippen molar-refractivity contribution in [2.75, 3.05) is 0 Å². The molecule has 0 spiro atoms. The van der Waals surface area contributed by atoms with Gasteiger partial charge in [0.15, 0.2) is 0 Å². The van der Waals surface area contributed by atoms with Crippen molar-refractivity contribution in [3.05, 3.63) is 12.2 Å². The minimum Gasteiger partial charge on any atom is -0.370 e. The molecule has 0 aromatic heterocycles. The lowest BCUT2D eigenvalue weighted by Crippen LogP contribution is -2.22. The van der Waals surface area contributed by atoms with Gasteiger partial charge in [-0.25, -0.2) is 0 Å². The average Bonchev–Trinajstić information content (AvgIpc) is 1.53. The van der Waals surface area contributed by atoms with Crippen LogP contribution < -0.4 is 5.73 Å². The summed E-state index contributed by atoms with van der Waals surface area (Å²) in [5, 5.41) is 0. The van der Waals surface area contributed by atoms with Crippen molar-refractivity contribution in [1.82, 2.24) is 0 Å². The van der Waals surface area contributed by atoms with Crippen LogP contribution >= 0.6 is 0 Å². The van der Waals surface area contributed by atoms with E-state index in [1.807, 2.05) is 20.8 Å². The van der Waals surface area contributed by atoms with Crippen LogP contribution in [0.15, 0.2) is 12.2 Å². The van der Waals surface area contributed by atoms with Crippen LogP contribution in [0.5, 0.6) is 0 Å². The zero-order valence-corrected chi connectivity index (χ0v) is 7.61. The van der Waals surface area contributed by atoms with Crippen molar-refractivity contribution in [3.8, 4) is 0 Å². The van der Waals surface area contributed by atoms with Gasteiger partial charge in [0.05, 0.1) is 0 Å². The van der Waals surface area contributed by atoms with E-state index in [-0.39, 0.29) is 11.3 Å². The molecular formula is C9H17NO. The molecule has 0 fully saturated rings. The first-order valence-electron chi connectivity index (χ1n) is 3.76. The van der Waals surface area contributed by atoms with Crippen LogP contribution in [0.2, 0.25) is 0 Å². The largest absolute Gasteiger partial charge is 0.370 e. The molecule has 2 N–H and O–H groups in total. The van der Waals surface area contributed by atoms with Gasteiger partial charge in [0.25, 0.3) is 0 Å². The van der Waals surface area contributed by atoms with Gasteiger partial charge in [0.1, 0.15) is 0 Å². The number of allylic oxidation sites excluding steroid dienone is 1. The normalized spacial score (nSPS) is 11.2. The summed E-state index contributed by atoms with van der Waals surface area (Å²) < 4.78 is 0. The number of amides is 1. The molecule has 11 heavy (non-hydrogen) atoms. The molecule has 2 heteroatoms. The molecular weight excluding hydrogens is 138 g/mol. The van der Waals surface area contributed by atoms with Crippen molar-refractivity contribution in [3.63, 3.8) is 0 Å². The van der Waals surface area contributed by atoms with E-state index in [4.69, 9.17) is 5.73 Å². The third-order valence-electron chi connectivity index (χ3n) is 1.43. The van der Waals surface area contributed by atoms with Crippen LogP contribution in [-0.4, -0.2) is 5.91 Å². The highest BCUT2D eigenvalue weighted by Gasteiger charge is 2.20. The number of rotatable bonds is 4. The highest BCUT2D eigenvalue weighted by molar-refractivity contribution is 5.74. The Labute approximate surface area is 68.5 Å². The fourth-order valence-corrected chi connectivity index (χ4v) is 1.35. The van der Waals surface area contributed by atoms with E-state index in [1.165, 1.54) is 0 Å². The van der Waals surface area contributed by atoms with Crippen LogP contribution in [0.4, 0.5) is 0 Å². The Balaban J connectivity index is 3.99. The van der Waals surface area contributed by atoms with Gasteiger partial charge >= 0.3 is 0 Å². The molecule has 0 unspecified atom stereocenters. The highest BCUT2D eigenvalue weighted by Crippen LogP contribution is 2.27. The molecule has 1 amide bonds. The summed E-state index contributed by atoms with van der Waals surface area (Å²) in [7, 11) is 0. The lowest BCUT2D eigenvalue weighted by atomic mass is 9.83. The molecule has 0 aliphatic heterocycles. The maximum absolute atomic E-state index is 10.6. The van der Waals surface area contributed by atoms with Crippen molar-refractivity contribution < 1.29 is 4.79 Å². The number of nitrogens with two attached hydrogens (primary N) is 1. The molecule has 0 aliphatic rings. The minimum atomic E-state index is -0.240. The summed E-state index contributed by atoms with van der Waals surface area (Å²) in [5.41, 5.74) is 6.15. The second-order valence-corrected chi connectivity index (χ2v) is 3.94. The number of hydrogen-bond acceptors (Lipinski definition) is 1. The van der Waals surface area contributed by atoms with Crippen LogP contribution in [0, 0.1) is 5.41 Å². The van der Waals surface area contributed by atoms with Crippen molar-refractivity contribution >= 4 is 5.91 Å². The molecule has 0 rings (SSSR count). The number of primary amides is 1. The smallest absolute Gasteiger partial charge is 0.217 e. The van der Waals surface area contributed by atoms with Crippen LogP contribution in [0.25, 0.3) is 0 Å². The fraction of sp³-hybridized carbons (Fsp3) is 0.667. The number of carbonyl (C=O) groups is 1. The van der Waals surface area contributed by atoms with Crippen molar-refractivity contribution in [2.45, 2.75) is 33.6 Å². The molecule has 0 aliphatic carbocycles. The SMILES string of the molecule is C=C(C)CC(C)(C)CC(N)=O. The van der Waals surface area contributed by atoms with Crippen molar-refractivity contribution in [2.24, 2.45) is 11.1 Å². The third-order valence-corrected chi connectivity index (χ3v) is 1.43. The van der Waals surface area contributed by atoms with Gasteiger partial charge in [-0.3, -0.25) is 4.79 Å². The maximum Gasteiger partial charge on any atom is 0.217 e. The van der Waals surface area contributed by atoms with E-state index in [1.54, 1.807) is 0 Å². The van der Waals surface area contributed by atoms with Gasteiger partial charge in [-0.2, -0.15) is 0 Å².